The summed E-state index contributed by atoms with van der Waals surface area (Å²) < 4.78 is 11.0. The van der Waals surface area contributed by atoms with Crippen LogP contribution < -0.4 is 5.32 Å². The summed E-state index contributed by atoms with van der Waals surface area (Å²) in [5.41, 5.74) is -0.458. The van der Waals surface area contributed by atoms with Crippen molar-refractivity contribution in [2.45, 2.75) is 44.2 Å². The quantitative estimate of drug-likeness (QED) is 0.758. The number of nitrogens with zero attached hydrogens (tertiary/aromatic N) is 1. The van der Waals surface area contributed by atoms with Crippen molar-refractivity contribution in [2.75, 3.05) is 40.5 Å². The topological polar surface area (TPSA) is 50.8 Å². The first-order valence-corrected chi connectivity index (χ1v) is 7.74. The molecule has 1 aliphatic heterocycles. The number of carbonyl (C=O) groups is 1. The van der Waals surface area contributed by atoms with Gasteiger partial charge in [0.2, 0.25) is 5.91 Å². The molecule has 116 valence electrons. The van der Waals surface area contributed by atoms with Gasteiger partial charge in [-0.05, 0) is 45.1 Å². The lowest BCUT2D eigenvalue weighted by Crippen LogP contribution is -2.59. The summed E-state index contributed by atoms with van der Waals surface area (Å²) in [5.74, 6) is 0.753. The smallest absolute Gasteiger partial charge is 0.242 e. The molecule has 5 heteroatoms. The molecular weight excluding hydrogens is 256 g/mol. The number of nitrogens with one attached hydrogen (secondary N) is 1. The van der Waals surface area contributed by atoms with Crippen LogP contribution in [0, 0.1) is 5.92 Å². The zero-order valence-corrected chi connectivity index (χ0v) is 13.0. The Balaban J connectivity index is 1.94. The number of likely N-dealkylation sites (N-methyl/N-ethyl adjacent to an activating group) is 1. The Kier molecular flexibility index (Phi) is 5.41. The predicted octanol–water partition coefficient (Wildman–Crippen LogP) is 1.03. The van der Waals surface area contributed by atoms with Crippen molar-refractivity contribution in [1.29, 1.82) is 0 Å². The van der Waals surface area contributed by atoms with Crippen molar-refractivity contribution in [2.24, 2.45) is 5.92 Å². The van der Waals surface area contributed by atoms with Crippen LogP contribution in [0.3, 0.4) is 0 Å². The van der Waals surface area contributed by atoms with Gasteiger partial charge in [-0.1, -0.05) is 0 Å². The lowest BCUT2D eigenvalue weighted by Gasteiger charge is -2.42. The molecule has 1 N–H and O–H groups in total. The maximum Gasteiger partial charge on any atom is 0.242 e. The number of methoxy groups -OCH3 is 1. The number of carbonyl (C=O) groups excluding carboxylic acids is 1. The summed E-state index contributed by atoms with van der Waals surface area (Å²) in [6, 6.07) is 0. The molecule has 0 spiro atoms. The average molecular weight is 284 g/mol. The Morgan fingerprint density at radius 1 is 1.45 bits per heavy atom. The van der Waals surface area contributed by atoms with Gasteiger partial charge in [0.1, 0.15) is 5.54 Å². The van der Waals surface area contributed by atoms with Gasteiger partial charge >= 0.3 is 0 Å². The minimum atomic E-state index is -0.458. The third-order valence-corrected chi connectivity index (χ3v) is 4.73. The van der Waals surface area contributed by atoms with Crippen molar-refractivity contribution >= 4 is 5.91 Å². The molecule has 0 aromatic carbocycles. The molecule has 0 aromatic heterocycles. The molecule has 5 nitrogen and oxygen atoms in total. The molecule has 1 atom stereocenters. The molecule has 1 aliphatic carbocycles. The molecule has 1 saturated heterocycles. The van der Waals surface area contributed by atoms with Gasteiger partial charge in [-0.2, -0.15) is 0 Å². The zero-order valence-electron chi connectivity index (χ0n) is 13.0. The van der Waals surface area contributed by atoms with Gasteiger partial charge in [0.25, 0.3) is 0 Å². The van der Waals surface area contributed by atoms with Crippen LogP contribution in [0.4, 0.5) is 0 Å². The van der Waals surface area contributed by atoms with E-state index in [-0.39, 0.29) is 5.91 Å². The molecule has 1 heterocycles. The number of rotatable bonds is 7. The van der Waals surface area contributed by atoms with Crippen LogP contribution in [0.15, 0.2) is 0 Å². The Morgan fingerprint density at radius 3 is 2.80 bits per heavy atom. The van der Waals surface area contributed by atoms with Gasteiger partial charge in [-0.3, -0.25) is 9.69 Å². The van der Waals surface area contributed by atoms with Gasteiger partial charge < -0.3 is 14.8 Å². The molecule has 0 aromatic rings. The van der Waals surface area contributed by atoms with Crippen LogP contribution in [-0.2, 0) is 14.3 Å². The largest absolute Gasteiger partial charge is 0.382 e. The first-order chi connectivity index (χ1) is 9.66. The highest BCUT2D eigenvalue weighted by molar-refractivity contribution is 5.86. The van der Waals surface area contributed by atoms with Crippen LogP contribution in [0.25, 0.3) is 0 Å². The van der Waals surface area contributed by atoms with Crippen LogP contribution in [0.5, 0.6) is 0 Å². The van der Waals surface area contributed by atoms with Crippen molar-refractivity contribution in [1.82, 2.24) is 10.2 Å². The summed E-state index contributed by atoms with van der Waals surface area (Å²) in [4.78, 5) is 14.7. The highest BCUT2D eigenvalue weighted by atomic mass is 16.5. The maximum atomic E-state index is 12.3. The van der Waals surface area contributed by atoms with E-state index in [9.17, 15) is 4.79 Å². The van der Waals surface area contributed by atoms with Crippen molar-refractivity contribution in [3.05, 3.63) is 0 Å². The molecule has 1 unspecified atom stereocenters. The van der Waals surface area contributed by atoms with Crippen LogP contribution >= 0.6 is 0 Å². The zero-order chi connectivity index (χ0) is 14.6. The SMILES string of the molecule is CCOC1CC(CN2CCCC2(COC)C(=O)NC)C1. The van der Waals surface area contributed by atoms with Crippen LogP contribution in [0.1, 0.15) is 32.6 Å². The van der Waals surface area contributed by atoms with Gasteiger partial charge in [0.05, 0.1) is 12.7 Å². The molecule has 0 radical (unpaired) electrons. The third-order valence-electron chi connectivity index (χ3n) is 4.73. The number of ether oxygens (including phenoxy) is 2. The minimum absolute atomic E-state index is 0.0949. The van der Waals surface area contributed by atoms with Crippen LogP contribution in [0.2, 0.25) is 0 Å². The van der Waals surface area contributed by atoms with Crippen molar-refractivity contribution in [3.8, 4) is 0 Å². The van der Waals surface area contributed by atoms with Gasteiger partial charge in [-0.25, -0.2) is 0 Å². The number of amides is 1. The molecule has 2 aliphatic rings. The van der Waals surface area contributed by atoms with Gasteiger partial charge in [0.15, 0.2) is 0 Å². The van der Waals surface area contributed by atoms with Gasteiger partial charge in [-0.15, -0.1) is 0 Å². The number of hydrogen-bond acceptors (Lipinski definition) is 4. The molecule has 2 rings (SSSR count). The van der Waals surface area contributed by atoms with Gasteiger partial charge in [0, 0.05) is 27.3 Å². The van der Waals surface area contributed by atoms with E-state index in [1.165, 1.54) is 0 Å². The Bertz CT molecular complexity index is 331. The monoisotopic (exact) mass is 284 g/mol. The fourth-order valence-electron chi connectivity index (χ4n) is 3.67. The summed E-state index contributed by atoms with van der Waals surface area (Å²) in [5, 5.41) is 2.82. The fourth-order valence-corrected chi connectivity index (χ4v) is 3.67. The Morgan fingerprint density at radius 2 is 2.20 bits per heavy atom. The Hall–Kier alpha value is -0.650. The van der Waals surface area contributed by atoms with E-state index in [1.807, 2.05) is 6.92 Å². The standard InChI is InChI=1S/C15H28N2O3/c1-4-20-13-8-12(9-13)10-17-7-5-6-15(17,11-19-3)14(18)16-2/h12-13H,4-11H2,1-3H3,(H,16,18). The molecule has 20 heavy (non-hydrogen) atoms. The predicted molar refractivity (Wildman–Crippen MR) is 77.6 cm³/mol. The maximum absolute atomic E-state index is 12.3. The number of likely N-dealkylation sites (tertiary alicyclic amines) is 1. The summed E-state index contributed by atoms with van der Waals surface area (Å²) in [7, 11) is 3.39. The van der Waals surface area contributed by atoms with E-state index in [4.69, 9.17) is 9.47 Å². The average Bonchev–Trinajstić information content (AvgIpc) is 2.80. The first kappa shape index (κ1) is 15.7. The van der Waals surface area contributed by atoms with E-state index in [0.29, 0.717) is 18.6 Å². The van der Waals surface area contributed by atoms with Crippen molar-refractivity contribution < 1.29 is 14.3 Å². The Labute approximate surface area is 122 Å². The molecule has 2 fully saturated rings. The number of hydrogen-bond donors (Lipinski definition) is 1. The second-order valence-corrected chi connectivity index (χ2v) is 6.01. The molecular formula is C15H28N2O3. The summed E-state index contributed by atoms with van der Waals surface area (Å²) in [6.45, 7) is 5.30. The fraction of sp³-hybridized carbons (Fsp3) is 0.933. The second kappa shape index (κ2) is 6.87. The van der Waals surface area contributed by atoms with E-state index in [1.54, 1.807) is 14.2 Å². The van der Waals surface area contributed by atoms with E-state index in [2.05, 4.69) is 10.2 Å². The van der Waals surface area contributed by atoms with E-state index in [0.717, 1.165) is 45.4 Å². The lowest BCUT2D eigenvalue weighted by atomic mass is 9.81. The van der Waals surface area contributed by atoms with Crippen molar-refractivity contribution in [3.63, 3.8) is 0 Å². The van der Waals surface area contributed by atoms with E-state index < -0.39 is 5.54 Å². The highest BCUT2D eigenvalue weighted by Gasteiger charge is 2.48. The summed E-state index contributed by atoms with van der Waals surface area (Å²) >= 11 is 0. The second-order valence-electron chi connectivity index (χ2n) is 6.01. The first-order valence-electron chi connectivity index (χ1n) is 7.74. The normalized spacial score (nSPS) is 34.0. The highest BCUT2D eigenvalue weighted by Crippen LogP contribution is 2.36. The lowest BCUT2D eigenvalue weighted by molar-refractivity contribution is -0.136. The molecule has 0 bridgehead atoms. The minimum Gasteiger partial charge on any atom is -0.382 e. The third kappa shape index (κ3) is 3.00. The molecule has 1 amide bonds. The van der Waals surface area contributed by atoms with E-state index >= 15 is 0 Å². The molecule has 1 saturated carbocycles. The van der Waals surface area contributed by atoms with Crippen LogP contribution in [-0.4, -0.2) is 62.9 Å². The summed E-state index contributed by atoms with van der Waals surface area (Å²) in [6.07, 6.45) is 4.65.